The van der Waals surface area contributed by atoms with Gasteiger partial charge in [0.2, 0.25) is 10.0 Å². The zero-order valence-electron chi connectivity index (χ0n) is 18.0. The summed E-state index contributed by atoms with van der Waals surface area (Å²) in [5.41, 5.74) is 0.945. The Hall–Kier alpha value is -2.49. The van der Waals surface area contributed by atoms with Crippen LogP contribution in [0.25, 0.3) is 0 Å². The Bertz CT molecular complexity index is 992. The number of rotatable bonds is 10. The van der Waals surface area contributed by atoms with Gasteiger partial charge in [0.1, 0.15) is 5.75 Å². The number of anilines is 1. The first-order valence-corrected chi connectivity index (χ1v) is 12.1. The van der Waals surface area contributed by atoms with E-state index >= 15 is 0 Å². The molecule has 0 aromatic heterocycles. The van der Waals surface area contributed by atoms with Crippen molar-refractivity contribution in [1.82, 2.24) is 10.0 Å². The van der Waals surface area contributed by atoms with Gasteiger partial charge in [-0.05, 0) is 68.4 Å². The second-order valence-electron chi connectivity index (χ2n) is 7.06. The zero-order valence-corrected chi connectivity index (χ0v) is 19.6. The fourth-order valence-corrected chi connectivity index (χ4v) is 4.11. The van der Waals surface area contributed by atoms with Gasteiger partial charge in [-0.3, -0.25) is 10.1 Å². The number of unbranched alkanes of at least 4 members (excludes halogenated alkanes) is 1. The Kier molecular flexibility index (Phi) is 9.42. The van der Waals surface area contributed by atoms with Crippen LogP contribution in [0.4, 0.5) is 5.69 Å². The fraction of sp³-hybridized carbons (Fsp3) is 0.364. The molecule has 2 aromatic rings. The van der Waals surface area contributed by atoms with Crippen LogP contribution in [-0.2, 0) is 10.0 Å². The maximum Gasteiger partial charge on any atom is 0.261 e. The normalized spacial score (nSPS) is 12.1. The minimum Gasteiger partial charge on any atom is -0.493 e. The van der Waals surface area contributed by atoms with Crippen LogP contribution in [0.2, 0.25) is 0 Å². The summed E-state index contributed by atoms with van der Waals surface area (Å²) in [7, 11) is -3.58. The molecule has 0 saturated heterocycles. The zero-order chi connectivity index (χ0) is 22.9. The number of amides is 1. The van der Waals surface area contributed by atoms with Gasteiger partial charge in [0.05, 0.1) is 17.1 Å². The van der Waals surface area contributed by atoms with Crippen LogP contribution in [0.3, 0.4) is 0 Å². The van der Waals surface area contributed by atoms with Gasteiger partial charge in [0.25, 0.3) is 5.91 Å². The lowest BCUT2D eigenvalue weighted by Crippen LogP contribution is -2.34. The molecule has 0 bridgehead atoms. The monoisotopic (exact) mass is 463 g/mol. The number of benzene rings is 2. The van der Waals surface area contributed by atoms with Crippen LogP contribution in [0.5, 0.6) is 5.75 Å². The van der Waals surface area contributed by atoms with E-state index in [-0.39, 0.29) is 22.0 Å². The quantitative estimate of drug-likeness (QED) is 0.363. The molecule has 0 aliphatic heterocycles. The first-order chi connectivity index (χ1) is 14.8. The van der Waals surface area contributed by atoms with E-state index in [9.17, 15) is 13.2 Å². The molecule has 3 N–H and O–H groups in total. The molecule has 2 rings (SSSR count). The number of carbonyl (C=O) groups is 1. The van der Waals surface area contributed by atoms with Crippen molar-refractivity contribution in [3.8, 4) is 5.75 Å². The van der Waals surface area contributed by atoms with Crippen molar-refractivity contribution in [2.45, 2.75) is 51.0 Å². The highest BCUT2D eigenvalue weighted by Crippen LogP contribution is 2.19. The van der Waals surface area contributed by atoms with Crippen molar-refractivity contribution >= 4 is 38.9 Å². The van der Waals surface area contributed by atoms with E-state index in [1.807, 2.05) is 13.8 Å². The van der Waals surface area contributed by atoms with Crippen LogP contribution in [0.15, 0.2) is 53.4 Å². The lowest BCUT2D eigenvalue weighted by molar-refractivity contribution is 0.0973. The average molecular weight is 464 g/mol. The molecule has 0 spiro atoms. The molecule has 0 aliphatic rings. The molecule has 168 valence electrons. The van der Waals surface area contributed by atoms with E-state index in [0.29, 0.717) is 30.0 Å². The van der Waals surface area contributed by atoms with Crippen molar-refractivity contribution in [3.05, 3.63) is 54.1 Å². The minimum atomic E-state index is -3.58. The Morgan fingerprint density at radius 3 is 2.42 bits per heavy atom. The van der Waals surface area contributed by atoms with Gasteiger partial charge in [-0.1, -0.05) is 32.4 Å². The maximum atomic E-state index is 12.6. The maximum absolute atomic E-state index is 12.6. The molecule has 7 nitrogen and oxygen atoms in total. The van der Waals surface area contributed by atoms with Crippen molar-refractivity contribution in [3.63, 3.8) is 0 Å². The number of para-hydroxylation sites is 1. The molecule has 1 unspecified atom stereocenters. The predicted octanol–water partition coefficient (Wildman–Crippen LogP) is 4.07. The highest BCUT2D eigenvalue weighted by Gasteiger charge is 2.17. The first kappa shape index (κ1) is 24.8. The molecule has 1 amide bonds. The van der Waals surface area contributed by atoms with Crippen LogP contribution in [-0.4, -0.2) is 32.1 Å². The molecule has 0 aliphatic carbocycles. The molecular formula is C22H29N3O4S2. The van der Waals surface area contributed by atoms with E-state index in [1.54, 1.807) is 36.4 Å². The van der Waals surface area contributed by atoms with Crippen LogP contribution < -0.4 is 20.1 Å². The van der Waals surface area contributed by atoms with Gasteiger partial charge in [-0.25, -0.2) is 13.1 Å². The summed E-state index contributed by atoms with van der Waals surface area (Å²) in [5, 5.41) is 5.61. The summed E-state index contributed by atoms with van der Waals surface area (Å²) >= 11 is 5.23. The van der Waals surface area contributed by atoms with Crippen LogP contribution in [0.1, 0.15) is 50.4 Å². The van der Waals surface area contributed by atoms with E-state index in [0.717, 1.165) is 12.8 Å². The van der Waals surface area contributed by atoms with E-state index < -0.39 is 10.0 Å². The molecule has 9 heteroatoms. The topological polar surface area (TPSA) is 96.5 Å². The molecule has 0 radical (unpaired) electrons. The largest absolute Gasteiger partial charge is 0.493 e. The van der Waals surface area contributed by atoms with Crippen molar-refractivity contribution in [2.75, 3.05) is 11.9 Å². The summed E-state index contributed by atoms with van der Waals surface area (Å²) in [5.74, 6) is 0.112. The lowest BCUT2D eigenvalue weighted by atomic mass is 10.2. The Morgan fingerprint density at radius 1 is 1.10 bits per heavy atom. The molecule has 31 heavy (non-hydrogen) atoms. The summed E-state index contributed by atoms with van der Waals surface area (Å²) in [6, 6.07) is 13.0. The third kappa shape index (κ3) is 7.61. The van der Waals surface area contributed by atoms with E-state index in [1.165, 1.54) is 12.1 Å². The number of thiocarbonyl (C=S) groups is 1. The van der Waals surface area contributed by atoms with Gasteiger partial charge >= 0.3 is 0 Å². The van der Waals surface area contributed by atoms with Gasteiger partial charge in [0, 0.05) is 11.7 Å². The fourth-order valence-electron chi connectivity index (χ4n) is 2.57. The van der Waals surface area contributed by atoms with Gasteiger partial charge in [-0.15, -0.1) is 0 Å². The predicted molar refractivity (Wildman–Crippen MR) is 127 cm³/mol. The average Bonchev–Trinajstić information content (AvgIpc) is 2.74. The SMILES string of the molecule is CCCCOc1ccccc1C(=O)NC(=S)Nc1ccc(S(=O)(=O)NC(C)CC)cc1. The highest BCUT2D eigenvalue weighted by atomic mass is 32.2. The van der Waals surface area contributed by atoms with Gasteiger partial charge in [0.15, 0.2) is 5.11 Å². The molecule has 0 saturated carbocycles. The van der Waals surface area contributed by atoms with Gasteiger partial charge in [-0.2, -0.15) is 0 Å². The number of sulfonamides is 1. The number of nitrogens with one attached hydrogen (secondary N) is 3. The smallest absolute Gasteiger partial charge is 0.261 e. The first-order valence-electron chi connectivity index (χ1n) is 10.2. The number of carbonyl (C=O) groups excluding carboxylic acids is 1. The third-order valence-electron chi connectivity index (χ3n) is 4.51. The molecule has 0 fully saturated rings. The number of hydrogen-bond acceptors (Lipinski definition) is 5. The van der Waals surface area contributed by atoms with E-state index in [2.05, 4.69) is 22.3 Å². The van der Waals surface area contributed by atoms with Crippen LogP contribution >= 0.6 is 12.2 Å². The molecule has 2 aromatic carbocycles. The molecular weight excluding hydrogens is 434 g/mol. The standard InChI is InChI=1S/C22H29N3O4S2/c1-4-6-15-29-20-10-8-7-9-19(20)21(26)24-22(30)23-17-11-13-18(14-12-17)31(27,28)25-16(3)5-2/h7-14,16,25H,4-6,15H2,1-3H3,(H2,23,24,26,30). The van der Waals surface area contributed by atoms with Crippen molar-refractivity contribution < 1.29 is 17.9 Å². The van der Waals surface area contributed by atoms with Gasteiger partial charge < -0.3 is 10.1 Å². The number of hydrogen-bond donors (Lipinski definition) is 3. The molecule has 0 heterocycles. The third-order valence-corrected chi connectivity index (χ3v) is 6.31. The lowest BCUT2D eigenvalue weighted by Gasteiger charge is -2.14. The summed E-state index contributed by atoms with van der Waals surface area (Å²) in [6.45, 7) is 6.31. The minimum absolute atomic E-state index is 0.0988. The molecule has 1 atom stereocenters. The second-order valence-corrected chi connectivity index (χ2v) is 9.18. The van der Waals surface area contributed by atoms with Crippen molar-refractivity contribution in [2.24, 2.45) is 0 Å². The Balaban J connectivity index is 1.99. The van der Waals surface area contributed by atoms with Crippen LogP contribution in [0, 0.1) is 0 Å². The van der Waals surface area contributed by atoms with E-state index in [4.69, 9.17) is 17.0 Å². The summed E-state index contributed by atoms with van der Waals surface area (Å²) < 4.78 is 33.0. The number of ether oxygens (including phenoxy) is 1. The second kappa shape index (κ2) is 11.8. The summed E-state index contributed by atoms with van der Waals surface area (Å²) in [4.78, 5) is 12.8. The van der Waals surface area contributed by atoms with Crippen molar-refractivity contribution in [1.29, 1.82) is 0 Å². The Morgan fingerprint density at radius 2 is 1.77 bits per heavy atom. The Labute approximate surface area is 189 Å². The summed E-state index contributed by atoms with van der Waals surface area (Å²) in [6.07, 6.45) is 2.59. The highest BCUT2D eigenvalue weighted by molar-refractivity contribution is 7.89.